The molecule has 2 aliphatic rings. The van der Waals surface area contributed by atoms with E-state index in [1.54, 1.807) is 4.90 Å². The smallest absolute Gasteiger partial charge is 0.230 e. The molecule has 2 atom stereocenters. The van der Waals surface area contributed by atoms with Gasteiger partial charge in [0.1, 0.15) is 0 Å². The zero-order chi connectivity index (χ0) is 21.4. The number of rotatable bonds is 7. The van der Waals surface area contributed by atoms with Gasteiger partial charge in [0.25, 0.3) is 0 Å². The Morgan fingerprint density at radius 3 is 2.52 bits per heavy atom. The quantitative estimate of drug-likeness (QED) is 0.311. The molecule has 174 valence electrons. The fraction of sp³-hybridized carbons (Fsp3) is 0.667. The lowest BCUT2D eigenvalue weighted by Crippen LogP contribution is -2.44. The number of amides is 1. The lowest BCUT2D eigenvalue weighted by atomic mass is 9.85. The van der Waals surface area contributed by atoms with Crippen molar-refractivity contribution < 1.29 is 9.53 Å². The van der Waals surface area contributed by atoms with E-state index in [1.807, 2.05) is 20.2 Å². The Morgan fingerprint density at radius 1 is 1.16 bits per heavy atom. The van der Waals surface area contributed by atoms with Gasteiger partial charge in [0, 0.05) is 39.7 Å². The second-order valence-corrected chi connectivity index (χ2v) is 8.87. The Bertz CT molecular complexity index is 705. The van der Waals surface area contributed by atoms with E-state index in [0.717, 1.165) is 64.2 Å². The van der Waals surface area contributed by atoms with E-state index in [1.165, 1.54) is 5.56 Å². The van der Waals surface area contributed by atoms with Crippen LogP contribution < -0.4 is 10.6 Å². The standard InChI is InChI=1S/C24H38N4O2.HI/c1-4-25-23(27-18-24(14-8-9-15-24)22(29)28(2)3)26-17-20-13-10-16-30-21(20)19-11-6-5-7-12-19;/h5-7,11-12,20-21H,4,8-10,13-18H2,1-3H3,(H2,25,26,27);1H. The molecule has 7 heteroatoms. The van der Waals surface area contributed by atoms with E-state index >= 15 is 0 Å². The molecule has 1 heterocycles. The maximum Gasteiger partial charge on any atom is 0.230 e. The van der Waals surface area contributed by atoms with E-state index in [9.17, 15) is 4.79 Å². The molecule has 0 aromatic heterocycles. The van der Waals surface area contributed by atoms with Gasteiger partial charge in [0.2, 0.25) is 5.91 Å². The number of ether oxygens (including phenoxy) is 1. The van der Waals surface area contributed by atoms with Crippen molar-refractivity contribution in [1.82, 2.24) is 15.5 Å². The summed E-state index contributed by atoms with van der Waals surface area (Å²) in [5, 5.41) is 6.89. The van der Waals surface area contributed by atoms with Crippen molar-refractivity contribution in [3.8, 4) is 0 Å². The van der Waals surface area contributed by atoms with E-state index in [0.29, 0.717) is 12.5 Å². The van der Waals surface area contributed by atoms with Crippen molar-refractivity contribution in [2.75, 3.05) is 40.3 Å². The first-order valence-corrected chi connectivity index (χ1v) is 11.5. The first kappa shape index (κ1) is 25.9. The summed E-state index contributed by atoms with van der Waals surface area (Å²) in [4.78, 5) is 19.4. The molecule has 0 spiro atoms. The van der Waals surface area contributed by atoms with Gasteiger partial charge in [-0.05, 0) is 38.2 Å². The van der Waals surface area contributed by atoms with Crippen molar-refractivity contribution in [2.45, 2.75) is 51.6 Å². The van der Waals surface area contributed by atoms with E-state index < -0.39 is 0 Å². The molecule has 3 rings (SSSR count). The number of carbonyl (C=O) groups is 1. The van der Waals surface area contributed by atoms with E-state index in [2.05, 4.69) is 41.8 Å². The zero-order valence-corrected chi connectivity index (χ0v) is 21.6. The molecule has 1 aromatic carbocycles. The number of hydrogen-bond acceptors (Lipinski definition) is 3. The molecule has 2 fully saturated rings. The van der Waals surface area contributed by atoms with Crippen LogP contribution in [0.3, 0.4) is 0 Å². The third-order valence-electron chi connectivity index (χ3n) is 6.41. The average Bonchev–Trinajstić information content (AvgIpc) is 3.26. The van der Waals surface area contributed by atoms with Gasteiger partial charge < -0.3 is 20.3 Å². The molecule has 2 unspecified atom stereocenters. The third-order valence-corrected chi connectivity index (χ3v) is 6.41. The van der Waals surface area contributed by atoms with Crippen LogP contribution in [0.1, 0.15) is 57.1 Å². The van der Waals surface area contributed by atoms with Gasteiger partial charge in [-0.2, -0.15) is 0 Å². The number of benzene rings is 1. The van der Waals surface area contributed by atoms with Crippen molar-refractivity contribution in [1.29, 1.82) is 0 Å². The highest BCUT2D eigenvalue weighted by Crippen LogP contribution is 2.40. The second-order valence-electron chi connectivity index (χ2n) is 8.87. The largest absolute Gasteiger partial charge is 0.373 e. The van der Waals surface area contributed by atoms with Crippen molar-refractivity contribution in [3.63, 3.8) is 0 Å². The second kappa shape index (κ2) is 12.6. The molecule has 2 N–H and O–H groups in total. The summed E-state index contributed by atoms with van der Waals surface area (Å²) in [7, 11) is 3.70. The minimum atomic E-state index is -0.341. The summed E-state index contributed by atoms with van der Waals surface area (Å²) in [6.07, 6.45) is 6.42. The first-order valence-electron chi connectivity index (χ1n) is 11.5. The molecule has 0 radical (unpaired) electrons. The minimum Gasteiger partial charge on any atom is -0.373 e. The normalized spacial score (nSPS) is 23.0. The van der Waals surface area contributed by atoms with Gasteiger partial charge in [-0.25, -0.2) is 0 Å². The zero-order valence-electron chi connectivity index (χ0n) is 19.2. The predicted molar refractivity (Wildman–Crippen MR) is 137 cm³/mol. The Morgan fingerprint density at radius 2 is 1.87 bits per heavy atom. The van der Waals surface area contributed by atoms with Crippen molar-refractivity contribution in [3.05, 3.63) is 35.9 Å². The molecule has 1 aliphatic heterocycles. The summed E-state index contributed by atoms with van der Waals surface area (Å²) < 4.78 is 6.13. The topological polar surface area (TPSA) is 66.0 Å². The molecule has 6 nitrogen and oxygen atoms in total. The van der Waals surface area contributed by atoms with Gasteiger partial charge in [-0.15, -0.1) is 24.0 Å². The van der Waals surface area contributed by atoms with Crippen LogP contribution in [0.5, 0.6) is 0 Å². The molecule has 1 amide bonds. The first-order chi connectivity index (χ1) is 14.6. The summed E-state index contributed by atoms with van der Waals surface area (Å²) >= 11 is 0. The molecule has 31 heavy (non-hydrogen) atoms. The maximum absolute atomic E-state index is 12.8. The third kappa shape index (κ3) is 6.81. The molecule has 1 aliphatic carbocycles. The number of hydrogen-bond donors (Lipinski definition) is 2. The van der Waals surface area contributed by atoms with E-state index in [4.69, 9.17) is 9.73 Å². The number of aliphatic imine (C=N–C) groups is 1. The van der Waals surface area contributed by atoms with Crippen molar-refractivity contribution >= 4 is 35.8 Å². The Labute approximate surface area is 204 Å². The molecule has 1 aromatic rings. The maximum atomic E-state index is 12.8. The van der Waals surface area contributed by atoms with Gasteiger partial charge in [0.15, 0.2) is 5.96 Å². The van der Waals surface area contributed by atoms with Crippen LogP contribution in [0.25, 0.3) is 0 Å². The Balaban J connectivity index is 0.00000341. The molecular weight excluding hydrogens is 503 g/mol. The Kier molecular flexibility index (Phi) is 10.6. The fourth-order valence-corrected chi connectivity index (χ4v) is 4.83. The van der Waals surface area contributed by atoms with Gasteiger partial charge in [-0.1, -0.05) is 43.2 Å². The molecule has 0 bridgehead atoms. The summed E-state index contributed by atoms with van der Waals surface area (Å²) in [6, 6.07) is 10.5. The van der Waals surface area contributed by atoms with Crippen molar-refractivity contribution in [2.24, 2.45) is 16.3 Å². The average molecular weight is 543 g/mol. The van der Waals surface area contributed by atoms with Gasteiger partial charge in [-0.3, -0.25) is 9.79 Å². The van der Waals surface area contributed by atoms with Crippen LogP contribution >= 0.6 is 24.0 Å². The minimum absolute atomic E-state index is 0. The summed E-state index contributed by atoms with van der Waals surface area (Å²) in [5.41, 5.74) is 0.902. The number of guanidine groups is 1. The van der Waals surface area contributed by atoms with Crippen LogP contribution in [0.2, 0.25) is 0 Å². The van der Waals surface area contributed by atoms with Crippen LogP contribution in [-0.4, -0.2) is 57.1 Å². The lowest BCUT2D eigenvalue weighted by molar-refractivity contribution is -0.138. The number of nitrogens with one attached hydrogen (secondary N) is 2. The highest BCUT2D eigenvalue weighted by molar-refractivity contribution is 14.0. The van der Waals surface area contributed by atoms with Crippen LogP contribution in [0.4, 0.5) is 0 Å². The predicted octanol–water partition coefficient (Wildman–Crippen LogP) is 3.98. The molecule has 1 saturated heterocycles. The lowest BCUT2D eigenvalue weighted by Gasteiger charge is -2.33. The number of nitrogens with zero attached hydrogens (tertiary/aromatic N) is 2. The Hall–Kier alpha value is -1.35. The monoisotopic (exact) mass is 542 g/mol. The van der Waals surface area contributed by atoms with Crippen LogP contribution in [0.15, 0.2) is 35.3 Å². The van der Waals surface area contributed by atoms with Gasteiger partial charge >= 0.3 is 0 Å². The summed E-state index contributed by atoms with van der Waals surface area (Å²) in [6.45, 7) is 5.04. The molecule has 1 saturated carbocycles. The highest BCUT2D eigenvalue weighted by Gasteiger charge is 2.42. The number of carbonyl (C=O) groups excluding carboxylic acids is 1. The number of halogens is 1. The summed E-state index contributed by atoms with van der Waals surface area (Å²) in [5.74, 6) is 1.41. The van der Waals surface area contributed by atoms with Gasteiger partial charge in [0.05, 0.1) is 18.1 Å². The fourth-order valence-electron chi connectivity index (χ4n) is 4.83. The molecular formula is C24H39IN4O2. The van der Waals surface area contributed by atoms with E-state index in [-0.39, 0.29) is 41.4 Å². The van der Waals surface area contributed by atoms with Crippen LogP contribution in [-0.2, 0) is 9.53 Å². The SMILES string of the molecule is CCNC(=NCC1(C(=O)N(C)C)CCCC1)NCC1CCCOC1c1ccccc1.I. The highest BCUT2D eigenvalue weighted by atomic mass is 127. The van der Waals surface area contributed by atoms with Crippen LogP contribution in [0, 0.1) is 11.3 Å².